The monoisotopic (exact) mass is 499 g/mol. The molecule has 36 heavy (non-hydrogen) atoms. The Morgan fingerprint density at radius 3 is 2.78 bits per heavy atom. The van der Waals surface area contributed by atoms with Gasteiger partial charge in [0.25, 0.3) is 0 Å². The van der Waals surface area contributed by atoms with E-state index in [-0.39, 0.29) is 17.3 Å². The summed E-state index contributed by atoms with van der Waals surface area (Å²) in [6.45, 7) is 4.46. The Labute approximate surface area is 210 Å². The number of fused-ring (bicyclic) bond motifs is 4. The molecule has 7 nitrogen and oxygen atoms in total. The number of H-pyrrole nitrogens is 1. The zero-order valence-corrected chi connectivity index (χ0v) is 21.3. The Kier molecular flexibility index (Phi) is 4.73. The first-order chi connectivity index (χ1) is 17.4. The molecule has 3 aliphatic carbocycles. The molecule has 0 spiro atoms. The van der Waals surface area contributed by atoms with Crippen molar-refractivity contribution in [1.29, 1.82) is 0 Å². The molecule has 2 atom stereocenters. The summed E-state index contributed by atoms with van der Waals surface area (Å²) in [6, 6.07) is 8.12. The van der Waals surface area contributed by atoms with Crippen LogP contribution in [0.5, 0.6) is 0 Å². The molecule has 8 heteroatoms. The van der Waals surface area contributed by atoms with E-state index >= 15 is 0 Å². The summed E-state index contributed by atoms with van der Waals surface area (Å²) in [5, 5.41) is 1.70. The number of rotatable bonds is 7. The number of nitrogens with one attached hydrogen (secondary N) is 2. The molecular formula is C28H29N5O2S. The van der Waals surface area contributed by atoms with Crippen LogP contribution < -0.4 is 4.72 Å². The third-order valence-corrected chi connectivity index (χ3v) is 9.54. The molecular weight excluding hydrogens is 470 g/mol. The summed E-state index contributed by atoms with van der Waals surface area (Å²) >= 11 is 0. The number of sulfonamides is 1. The van der Waals surface area contributed by atoms with Crippen molar-refractivity contribution < 1.29 is 8.42 Å². The van der Waals surface area contributed by atoms with Gasteiger partial charge in [-0.15, -0.1) is 0 Å². The maximum absolute atomic E-state index is 13.8. The van der Waals surface area contributed by atoms with Crippen LogP contribution in [0.4, 0.5) is 0 Å². The number of hydrogen-bond donors (Lipinski definition) is 2. The zero-order valence-electron chi connectivity index (χ0n) is 20.5. The van der Waals surface area contributed by atoms with Crippen LogP contribution in [0, 0.1) is 5.92 Å². The van der Waals surface area contributed by atoms with E-state index in [2.05, 4.69) is 20.8 Å². The smallest absolute Gasteiger partial charge is 0.241 e. The van der Waals surface area contributed by atoms with Crippen molar-refractivity contribution in [2.45, 2.75) is 61.7 Å². The highest BCUT2D eigenvalue weighted by Crippen LogP contribution is 2.68. The summed E-state index contributed by atoms with van der Waals surface area (Å²) < 4.78 is 30.6. The zero-order chi connectivity index (χ0) is 24.7. The topological polar surface area (TPSA) is 101 Å². The first kappa shape index (κ1) is 22.1. The second-order valence-corrected chi connectivity index (χ2v) is 12.8. The number of aromatic nitrogens is 4. The molecule has 7 rings (SSSR count). The molecule has 3 aromatic heterocycles. The Balaban J connectivity index is 1.35. The number of benzene rings is 1. The summed E-state index contributed by atoms with van der Waals surface area (Å²) in [5.74, 6) is 1.74. The minimum Gasteiger partial charge on any atom is -0.341 e. The molecule has 0 saturated heterocycles. The van der Waals surface area contributed by atoms with Crippen LogP contribution >= 0.6 is 0 Å². The average Bonchev–Trinajstić information content (AvgIpc) is 3.77. The lowest BCUT2D eigenvalue weighted by molar-refractivity contribution is 0.560. The van der Waals surface area contributed by atoms with E-state index < -0.39 is 10.0 Å². The van der Waals surface area contributed by atoms with E-state index in [0.29, 0.717) is 17.4 Å². The normalized spacial score (nSPS) is 22.7. The van der Waals surface area contributed by atoms with Crippen molar-refractivity contribution in [3.05, 3.63) is 71.7 Å². The Morgan fingerprint density at radius 1 is 1.17 bits per heavy atom. The number of aromatic amines is 1. The molecule has 2 N–H and O–H groups in total. The van der Waals surface area contributed by atoms with Gasteiger partial charge < -0.3 is 4.98 Å². The Morgan fingerprint density at radius 2 is 2.03 bits per heavy atom. The van der Waals surface area contributed by atoms with Crippen molar-refractivity contribution in [2.24, 2.45) is 5.92 Å². The van der Waals surface area contributed by atoms with Gasteiger partial charge in [0.05, 0.1) is 16.8 Å². The van der Waals surface area contributed by atoms with Crippen molar-refractivity contribution in [2.75, 3.05) is 6.54 Å². The number of nitrogens with zero attached hydrogens (tertiary/aromatic N) is 3. The van der Waals surface area contributed by atoms with Crippen LogP contribution in [0.2, 0.25) is 0 Å². The first-order valence-corrected chi connectivity index (χ1v) is 14.2. The summed E-state index contributed by atoms with van der Waals surface area (Å²) in [6.07, 6.45) is 11.2. The van der Waals surface area contributed by atoms with Gasteiger partial charge in [-0.05, 0) is 72.9 Å². The first-order valence-electron chi connectivity index (χ1n) is 12.8. The fourth-order valence-corrected chi connectivity index (χ4v) is 7.65. The molecule has 2 unspecified atom stereocenters. The highest BCUT2D eigenvalue weighted by molar-refractivity contribution is 7.89. The largest absolute Gasteiger partial charge is 0.341 e. The van der Waals surface area contributed by atoms with Crippen LogP contribution in [0.1, 0.15) is 67.6 Å². The third kappa shape index (κ3) is 3.42. The van der Waals surface area contributed by atoms with Gasteiger partial charge >= 0.3 is 0 Å². The number of imidazole rings is 1. The SMILES string of the molecule is CC(C)CNS(=O)(=O)c1c2c(cc3cnc(C4CC4)cc13)CC1(c3ncc(-c4cccnc4)[nH]3)CC21. The maximum Gasteiger partial charge on any atom is 0.241 e. The van der Waals surface area contributed by atoms with E-state index in [1.165, 1.54) is 0 Å². The van der Waals surface area contributed by atoms with Gasteiger partial charge in [-0.2, -0.15) is 0 Å². The molecule has 4 aromatic rings. The fraction of sp³-hybridized carbons (Fsp3) is 0.393. The molecule has 2 fully saturated rings. The quantitative estimate of drug-likeness (QED) is 0.380. The summed E-state index contributed by atoms with van der Waals surface area (Å²) in [7, 11) is -3.70. The lowest BCUT2D eigenvalue weighted by atomic mass is 9.98. The fourth-order valence-electron chi connectivity index (χ4n) is 5.93. The number of hydrogen-bond acceptors (Lipinski definition) is 5. The standard InChI is InChI=1S/C28H29N5O2S/c1-16(2)12-32-36(34,35)26-21-9-23(17-5-6-17)30-14-20(21)8-19-10-28(11-22(28)25(19)26)27-31-15-24(33-27)18-4-3-7-29-13-18/h3-4,7-9,13-17,22,32H,5-6,10-12H2,1-2H3,(H,31,33). The molecule has 1 aromatic carbocycles. The highest BCUT2D eigenvalue weighted by Gasteiger charge is 2.64. The second-order valence-electron chi connectivity index (χ2n) is 11.1. The van der Waals surface area contributed by atoms with Gasteiger partial charge in [0.15, 0.2) is 0 Å². The minimum atomic E-state index is -3.70. The second kappa shape index (κ2) is 7.70. The van der Waals surface area contributed by atoms with Gasteiger partial charge in [-0.25, -0.2) is 18.1 Å². The van der Waals surface area contributed by atoms with Crippen molar-refractivity contribution in [3.8, 4) is 11.3 Å². The molecule has 0 bridgehead atoms. The molecule has 0 aliphatic heterocycles. The molecule has 2 saturated carbocycles. The molecule has 3 aliphatic rings. The Bertz CT molecular complexity index is 1610. The molecule has 0 radical (unpaired) electrons. The summed E-state index contributed by atoms with van der Waals surface area (Å²) in [4.78, 5) is 17.7. The average molecular weight is 500 g/mol. The van der Waals surface area contributed by atoms with E-state index in [0.717, 1.165) is 70.4 Å². The van der Waals surface area contributed by atoms with Crippen LogP contribution in [-0.4, -0.2) is 34.9 Å². The lowest BCUT2D eigenvalue weighted by Gasteiger charge is -2.17. The van der Waals surface area contributed by atoms with Crippen molar-refractivity contribution >= 4 is 20.8 Å². The van der Waals surface area contributed by atoms with Gasteiger partial charge in [-0.3, -0.25) is 9.97 Å². The summed E-state index contributed by atoms with van der Waals surface area (Å²) in [5.41, 5.74) is 4.83. The van der Waals surface area contributed by atoms with Crippen LogP contribution in [0.15, 0.2) is 53.9 Å². The van der Waals surface area contributed by atoms with Crippen molar-refractivity contribution in [3.63, 3.8) is 0 Å². The van der Waals surface area contributed by atoms with Crippen LogP contribution in [0.3, 0.4) is 0 Å². The molecule has 3 heterocycles. The number of pyridine rings is 2. The van der Waals surface area contributed by atoms with Gasteiger partial charge in [0.2, 0.25) is 10.0 Å². The van der Waals surface area contributed by atoms with E-state index in [4.69, 9.17) is 9.97 Å². The Hall–Kier alpha value is -3.10. The predicted molar refractivity (Wildman–Crippen MR) is 138 cm³/mol. The van der Waals surface area contributed by atoms with Crippen LogP contribution in [0.25, 0.3) is 22.0 Å². The van der Waals surface area contributed by atoms with Gasteiger partial charge in [-0.1, -0.05) is 13.8 Å². The van der Waals surface area contributed by atoms with Gasteiger partial charge in [0, 0.05) is 58.5 Å². The third-order valence-electron chi connectivity index (χ3n) is 8.02. The predicted octanol–water partition coefficient (Wildman–Crippen LogP) is 4.81. The van der Waals surface area contributed by atoms with Crippen molar-refractivity contribution in [1.82, 2.24) is 24.7 Å². The van der Waals surface area contributed by atoms with E-state index in [1.54, 1.807) is 6.20 Å². The molecule has 184 valence electrons. The van der Waals surface area contributed by atoms with E-state index in [9.17, 15) is 8.42 Å². The molecule has 0 amide bonds. The highest BCUT2D eigenvalue weighted by atomic mass is 32.2. The lowest BCUT2D eigenvalue weighted by Crippen LogP contribution is -2.28. The maximum atomic E-state index is 13.8. The van der Waals surface area contributed by atoms with Gasteiger partial charge in [0.1, 0.15) is 5.82 Å². The van der Waals surface area contributed by atoms with E-state index in [1.807, 2.05) is 50.6 Å². The minimum absolute atomic E-state index is 0.132. The van der Waals surface area contributed by atoms with Crippen LogP contribution in [-0.2, 0) is 21.9 Å².